The first-order valence-corrected chi connectivity index (χ1v) is 6.86. The highest BCUT2D eigenvalue weighted by Crippen LogP contribution is 2.21. The lowest BCUT2D eigenvalue weighted by Gasteiger charge is -2.12. The second kappa shape index (κ2) is 7.13. The number of rotatable bonds is 7. The average Bonchev–Trinajstić information content (AvgIpc) is 2.52. The molecule has 0 fully saturated rings. The Kier molecular flexibility index (Phi) is 6.16. The number of hydrogen-bond donors (Lipinski definition) is 1. The molecule has 1 heterocycles. The lowest BCUT2D eigenvalue weighted by atomic mass is 10.1. The van der Waals surface area contributed by atoms with Gasteiger partial charge in [0.05, 0.1) is 15.9 Å². The molecule has 4 nitrogen and oxygen atoms in total. The van der Waals surface area contributed by atoms with Crippen molar-refractivity contribution < 1.29 is 4.74 Å². The quantitative estimate of drug-likeness (QED) is 0.786. The Morgan fingerprint density at radius 3 is 2.71 bits per heavy atom. The van der Waals surface area contributed by atoms with Gasteiger partial charge in [-0.05, 0) is 35.7 Å². The van der Waals surface area contributed by atoms with E-state index in [-0.39, 0.29) is 6.04 Å². The molecule has 0 amide bonds. The Balaban J connectivity index is 2.42. The predicted octanol–water partition coefficient (Wildman–Crippen LogP) is 2.18. The van der Waals surface area contributed by atoms with Crippen LogP contribution in [0.4, 0.5) is 0 Å². The second-order valence-electron chi connectivity index (χ2n) is 4.33. The van der Waals surface area contributed by atoms with Gasteiger partial charge in [-0.1, -0.05) is 6.92 Å². The van der Waals surface area contributed by atoms with Crippen LogP contribution in [0.2, 0.25) is 0 Å². The lowest BCUT2D eigenvalue weighted by molar-refractivity contribution is 0.127. The zero-order chi connectivity index (χ0) is 12.8. The van der Waals surface area contributed by atoms with Gasteiger partial charge in [0, 0.05) is 32.7 Å². The van der Waals surface area contributed by atoms with Gasteiger partial charge >= 0.3 is 0 Å². The first-order valence-electron chi connectivity index (χ1n) is 6.07. The molecule has 0 saturated carbocycles. The number of hydrogen-bond acceptors (Lipinski definition) is 3. The summed E-state index contributed by atoms with van der Waals surface area (Å²) in [4.78, 5) is 0. The summed E-state index contributed by atoms with van der Waals surface area (Å²) in [6, 6.07) is 0.123. The molecule has 0 aromatic carbocycles. The van der Waals surface area contributed by atoms with Crippen molar-refractivity contribution in [2.75, 3.05) is 13.2 Å². The van der Waals surface area contributed by atoms with Gasteiger partial charge in [-0.25, -0.2) is 0 Å². The second-order valence-corrected chi connectivity index (χ2v) is 5.13. The van der Waals surface area contributed by atoms with Gasteiger partial charge in [0.15, 0.2) is 0 Å². The van der Waals surface area contributed by atoms with E-state index in [0.29, 0.717) is 0 Å². The molecule has 0 aliphatic heterocycles. The molecule has 1 unspecified atom stereocenters. The minimum atomic E-state index is 0.123. The highest BCUT2D eigenvalue weighted by molar-refractivity contribution is 9.10. The van der Waals surface area contributed by atoms with Crippen molar-refractivity contribution in [1.29, 1.82) is 0 Å². The fourth-order valence-electron chi connectivity index (χ4n) is 1.73. The average molecular weight is 304 g/mol. The maximum atomic E-state index is 6.09. The Bertz CT molecular complexity index is 352. The largest absolute Gasteiger partial charge is 0.381 e. The maximum absolute atomic E-state index is 6.09. The summed E-state index contributed by atoms with van der Waals surface area (Å²) in [5.74, 6) is 0. The van der Waals surface area contributed by atoms with Gasteiger partial charge in [-0.15, -0.1) is 0 Å². The van der Waals surface area contributed by atoms with Crippen LogP contribution in [-0.4, -0.2) is 29.0 Å². The zero-order valence-corrected chi connectivity index (χ0v) is 12.5. The monoisotopic (exact) mass is 303 g/mol. The number of halogens is 1. The van der Waals surface area contributed by atoms with Crippen LogP contribution in [-0.2, 0) is 18.2 Å². The Hall–Kier alpha value is -0.390. The van der Waals surface area contributed by atoms with Crippen molar-refractivity contribution in [3.8, 4) is 0 Å². The summed E-state index contributed by atoms with van der Waals surface area (Å²) in [7, 11) is 1.95. The van der Waals surface area contributed by atoms with E-state index in [1.807, 2.05) is 18.7 Å². The van der Waals surface area contributed by atoms with E-state index < -0.39 is 0 Å². The number of aromatic nitrogens is 2. The normalized spacial score (nSPS) is 13.0. The van der Waals surface area contributed by atoms with E-state index in [9.17, 15) is 0 Å². The Morgan fingerprint density at radius 1 is 1.47 bits per heavy atom. The van der Waals surface area contributed by atoms with Crippen molar-refractivity contribution in [3.63, 3.8) is 0 Å². The van der Waals surface area contributed by atoms with Gasteiger partial charge in [0.2, 0.25) is 0 Å². The molecular weight excluding hydrogens is 282 g/mol. The zero-order valence-electron chi connectivity index (χ0n) is 10.9. The SMILES string of the molecule is CCCOCCC(N)Cc1c(Br)c(C)nn1C. The standard InChI is InChI=1S/C12H22BrN3O/c1-4-6-17-7-5-10(14)8-11-12(13)9(2)15-16(11)3/h10H,4-8,14H2,1-3H3. The summed E-state index contributed by atoms with van der Waals surface area (Å²) >= 11 is 3.55. The smallest absolute Gasteiger partial charge is 0.0738 e. The Labute approximate surface area is 112 Å². The van der Waals surface area contributed by atoms with Crippen molar-refractivity contribution in [1.82, 2.24) is 9.78 Å². The van der Waals surface area contributed by atoms with E-state index in [4.69, 9.17) is 10.5 Å². The van der Waals surface area contributed by atoms with E-state index in [2.05, 4.69) is 28.0 Å². The third-order valence-corrected chi connectivity index (χ3v) is 3.73. The summed E-state index contributed by atoms with van der Waals surface area (Å²) in [6.07, 6.45) is 2.77. The van der Waals surface area contributed by atoms with E-state index >= 15 is 0 Å². The topological polar surface area (TPSA) is 53.1 Å². The van der Waals surface area contributed by atoms with Crippen LogP contribution < -0.4 is 5.73 Å². The van der Waals surface area contributed by atoms with Crippen LogP contribution >= 0.6 is 15.9 Å². The lowest BCUT2D eigenvalue weighted by Crippen LogP contribution is -2.26. The first kappa shape index (κ1) is 14.7. The highest BCUT2D eigenvalue weighted by atomic mass is 79.9. The van der Waals surface area contributed by atoms with Crippen LogP contribution in [0, 0.1) is 6.92 Å². The van der Waals surface area contributed by atoms with Crippen LogP contribution in [0.25, 0.3) is 0 Å². The van der Waals surface area contributed by atoms with E-state index in [1.165, 1.54) is 0 Å². The molecule has 0 aliphatic rings. The molecule has 5 heteroatoms. The molecule has 0 aliphatic carbocycles. The molecule has 17 heavy (non-hydrogen) atoms. The predicted molar refractivity (Wildman–Crippen MR) is 73.1 cm³/mol. The molecule has 0 saturated heterocycles. The first-order chi connectivity index (χ1) is 8.06. The summed E-state index contributed by atoms with van der Waals surface area (Å²) in [6.45, 7) is 5.66. The van der Waals surface area contributed by atoms with Gasteiger partial charge < -0.3 is 10.5 Å². The van der Waals surface area contributed by atoms with Crippen molar-refractivity contribution in [2.24, 2.45) is 12.8 Å². The molecule has 98 valence electrons. The van der Waals surface area contributed by atoms with Crippen molar-refractivity contribution in [3.05, 3.63) is 15.9 Å². The fourth-order valence-corrected chi connectivity index (χ4v) is 2.23. The summed E-state index contributed by atoms with van der Waals surface area (Å²) in [5.41, 5.74) is 8.26. The van der Waals surface area contributed by atoms with Crippen LogP contribution in [0.15, 0.2) is 4.47 Å². The van der Waals surface area contributed by atoms with Crippen LogP contribution in [0.1, 0.15) is 31.2 Å². The van der Waals surface area contributed by atoms with Crippen LogP contribution in [0.5, 0.6) is 0 Å². The number of ether oxygens (including phenoxy) is 1. The molecule has 1 rings (SSSR count). The number of nitrogens with two attached hydrogens (primary N) is 1. The van der Waals surface area contributed by atoms with Crippen LogP contribution in [0.3, 0.4) is 0 Å². The fraction of sp³-hybridized carbons (Fsp3) is 0.750. The molecule has 2 N–H and O–H groups in total. The third kappa shape index (κ3) is 4.41. The molecule has 1 atom stereocenters. The molecule has 0 spiro atoms. The Morgan fingerprint density at radius 2 is 2.18 bits per heavy atom. The highest BCUT2D eigenvalue weighted by Gasteiger charge is 2.13. The number of aryl methyl sites for hydroxylation is 2. The molecular formula is C12H22BrN3O. The number of nitrogens with zero attached hydrogens (tertiary/aromatic N) is 2. The van der Waals surface area contributed by atoms with Crippen molar-refractivity contribution in [2.45, 2.75) is 39.2 Å². The maximum Gasteiger partial charge on any atom is 0.0738 e. The molecule has 1 aromatic heterocycles. The van der Waals surface area contributed by atoms with Gasteiger partial charge in [-0.2, -0.15) is 5.10 Å². The molecule has 1 aromatic rings. The molecule has 0 radical (unpaired) electrons. The van der Waals surface area contributed by atoms with Gasteiger partial charge in [0.1, 0.15) is 0 Å². The van der Waals surface area contributed by atoms with Crippen molar-refractivity contribution >= 4 is 15.9 Å². The minimum absolute atomic E-state index is 0.123. The minimum Gasteiger partial charge on any atom is -0.381 e. The van der Waals surface area contributed by atoms with Gasteiger partial charge in [-0.3, -0.25) is 4.68 Å². The van der Waals surface area contributed by atoms with E-state index in [0.717, 1.165) is 48.3 Å². The summed E-state index contributed by atoms with van der Waals surface area (Å²) < 4.78 is 8.41. The van der Waals surface area contributed by atoms with E-state index in [1.54, 1.807) is 0 Å². The molecule has 0 bridgehead atoms. The third-order valence-electron chi connectivity index (χ3n) is 2.70. The summed E-state index contributed by atoms with van der Waals surface area (Å²) in [5, 5.41) is 4.36. The van der Waals surface area contributed by atoms with Gasteiger partial charge in [0.25, 0.3) is 0 Å².